The summed E-state index contributed by atoms with van der Waals surface area (Å²) in [5, 5.41) is 0. The van der Waals surface area contributed by atoms with Crippen molar-refractivity contribution in [3.63, 3.8) is 0 Å². The van der Waals surface area contributed by atoms with Crippen molar-refractivity contribution in [1.29, 1.82) is 0 Å². The Kier molecular flexibility index (Phi) is 2.75. The first-order valence-electron chi connectivity index (χ1n) is 4.83. The minimum absolute atomic E-state index is 0.648. The zero-order chi connectivity index (χ0) is 10.1. The van der Waals surface area contributed by atoms with Gasteiger partial charge >= 0.3 is 0 Å². The van der Waals surface area contributed by atoms with E-state index < -0.39 is 0 Å². The van der Waals surface area contributed by atoms with Gasteiger partial charge in [-0.25, -0.2) is 0 Å². The van der Waals surface area contributed by atoms with Gasteiger partial charge in [-0.3, -0.25) is 0 Å². The van der Waals surface area contributed by atoms with Crippen LogP contribution in [-0.4, -0.2) is 0 Å². The van der Waals surface area contributed by atoms with Gasteiger partial charge in [-0.15, -0.1) is 22.7 Å². The fourth-order valence-electron chi connectivity index (χ4n) is 1.36. The van der Waals surface area contributed by atoms with Crippen molar-refractivity contribution in [2.24, 2.45) is 0 Å². The SMILES string of the molecule is Cc1ccc(-c2ccc(C(C)C)s2)s1. The van der Waals surface area contributed by atoms with E-state index >= 15 is 0 Å². The molecule has 0 bridgehead atoms. The number of hydrogen-bond donors (Lipinski definition) is 0. The Morgan fingerprint density at radius 1 is 0.929 bits per heavy atom. The molecule has 0 nitrogen and oxygen atoms in total. The lowest BCUT2D eigenvalue weighted by Gasteiger charge is -1.97. The third-order valence-electron chi connectivity index (χ3n) is 2.18. The molecule has 0 radical (unpaired) electrons. The maximum Gasteiger partial charge on any atom is 0.0445 e. The topological polar surface area (TPSA) is 0 Å². The van der Waals surface area contributed by atoms with Crippen LogP contribution in [0, 0.1) is 6.92 Å². The summed E-state index contributed by atoms with van der Waals surface area (Å²) in [5.41, 5.74) is 0. The summed E-state index contributed by atoms with van der Waals surface area (Å²) in [7, 11) is 0. The van der Waals surface area contributed by atoms with E-state index in [0.29, 0.717) is 5.92 Å². The lowest BCUT2D eigenvalue weighted by Crippen LogP contribution is -1.77. The van der Waals surface area contributed by atoms with Gasteiger partial charge in [-0.05, 0) is 37.1 Å². The molecule has 0 aliphatic rings. The highest BCUT2D eigenvalue weighted by atomic mass is 32.1. The molecule has 0 spiro atoms. The Bertz CT molecular complexity index is 421. The van der Waals surface area contributed by atoms with E-state index in [1.54, 1.807) is 0 Å². The molecule has 0 atom stereocenters. The van der Waals surface area contributed by atoms with Gasteiger partial charge < -0.3 is 0 Å². The van der Waals surface area contributed by atoms with Crippen molar-refractivity contribution >= 4 is 22.7 Å². The van der Waals surface area contributed by atoms with E-state index in [9.17, 15) is 0 Å². The summed E-state index contributed by atoms with van der Waals surface area (Å²) in [6.07, 6.45) is 0. The van der Waals surface area contributed by atoms with Crippen LogP contribution >= 0.6 is 22.7 Å². The van der Waals surface area contributed by atoms with Gasteiger partial charge in [0.2, 0.25) is 0 Å². The molecule has 2 heterocycles. The predicted octanol–water partition coefficient (Wildman–Crippen LogP) is 4.91. The van der Waals surface area contributed by atoms with Gasteiger partial charge in [0.1, 0.15) is 0 Å². The molecule has 0 amide bonds. The van der Waals surface area contributed by atoms with E-state index in [1.807, 2.05) is 22.7 Å². The average Bonchev–Trinajstić information content (AvgIpc) is 2.70. The van der Waals surface area contributed by atoms with Crippen LogP contribution in [0.3, 0.4) is 0 Å². The van der Waals surface area contributed by atoms with Crippen molar-refractivity contribution in [1.82, 2.24) is 0 Å². The first kappa shape index (κ1) is 9.94. The quantitative estimate of drug-likeness (QED) is 0.677. The second-order valence-electron chi connectivity index (χ2n) is 3.77. The van der Waals surface area contributed by atoms with Crippen LogP contribution in [0.5, 0.6) is 0 Å². The van der Waals surface area contributed by atoms with E-state index in [1.165, 1.54) is 19.5 Å². The first-order valence-corrected chi connectivity index (χ1v) is 6.46. The molecule has 0 aromatic carbocycles. The lowest BCUT2D eigenvalue weighted by molar-refractivity contribution is 0.890. The van der Waals surface area contributed by atoms with Crippen LogP contribution in [0.25, 0.3) is 9.75 Å². The van der Waals surface area contributed by atoms with Crippen LogP contribution in [0.4, 0.5) is 0 Å². The molecule has 14 heavy (non-hydrogen) atoms. The number of rotatable bonds is 2. The molecule has 74 valence electrons. The highest BCUT2D eigenvalue weighted by Crippen LogP contribution is 2.35. The smallest absolute Gasteiger partial charge is 0.0445 e. The number of thiophene rings is 2. The third kappa shape index (κ3) is 1.91. The lowest BCUT2D eigenvalue weighted by atomic mass is 10.2. The summed E-state index contributed by atoms with van der Waals surface area (Å²) in [4.78, 5) is 5.68. The molecule has 0 aliphatic heterocycles. The van der Waals surface area contributed by atoms with E-state index in [4.69, 9.17) is 0 Å². The molecule has 0 N–H and O–H groups in total. The Morgan fingerprint density at radius 2 is 1.57 bits per heavy atom. The van der Waals surface area contributed by atoms with Gasteiger partial charge in [0.15, 0.2) is 0 Å². The Balaban J connectivity index is 2.33. The van der Waals surface area contributed by atoms with Crippen LogP contribution in [0.2, 0.25) is 0 Å². The highest BCUT2D eigenvalue weighted by Gasteiger charge is 2.06. The number of hydrogen-bond acceptors (Lipinski definition) is 2. The third-order valence-corrected chi connectivity index (χ3v) is 4.76. The maximum atomic E-state index is 2.25. The largest absolute Gasteiger partial charge is 0.140 e. The summed E-state index contributed by atoms with van der Waals surface area (Å²) in [6, 6.07) is 8.90. The molecular formula is C12H14S2. The Hall–Kier alpha value is -0.600. The Morgan fingerprint density at radius 3 is 2.07 bits per heavy atom. The minimum Gasteiger partial charge on any atom is -0.140 e. The number of aryl methyl sites for hydroxylation is 1. The van der Waals surface area contributed by atoms with Crippen LogP contribution in [0.15, 0.2) is 24.3 Å². The summed E-state index contributed by atoms with van der Waals surface area (Å²) in [5.74, 6) is 0.648. The van der Waals surface area contributed by atoms with Crippen LogP contribution < -0.4 is 0 Å². The molecule has 0 saturated carbocycles. The monoisotopic (exact) mass is 222 g/mol. The molecule has 0 fully saturated rings. The molecule has 0 aliphatic carbocycles. The second kappa shape index (κ2) is 3.87. The van der Waals surface area contributed by atoms with Crippen molar-refractivity contribution in [3.8, 4) is 9.75 Å². The van der Waals surface area contributed by atoms with Gasteiger partial charge in [0.25, 0.3) is 0 Å². The summed E-state index contributed by atoms with van der Waals surface area (Å²) in [6.45, 7) is 6.65. The molecule has 0 unspecified atom stereocenters. The Labute approximate surface area is 93.2 Å². The van der Waals surface area contributed by atoms with E-state index in [0.717, 1.165) is 0 Å². The van der Waals surface area contributed by atoms with Crippen LogP contribution in [0.1, 0.15) is 29.5 Å². The zero-order valence-electron chi connectivity index (χ0n) is 8.70. The highest BCUT2D eigenvalue weighted by molar-refractivity contribution is 7.22. The van der Waals surface area contributed by atoms with Crippen molar-refractivity contribution in [2.75, 3.05) is 0 Å². The maximum absolute atomic E-state index is 2.25. The van der Waals surface area contributed by atoms with Gasteiger partial charge in [-0.1, -0.05) is 13.8 Å². The van der Waals surface area contributed by atoms with Gasteiger partial charge in [0, 0.05) is 19.5 Å². The summed E-state index contributed by atoms with van der Waals surface area (Å²) < 4.78 is 0. The average molecular weight is 222 g/mol. The van der Waals surface area contributed by atoms with E-state index in [2.05, 4.69) is 45.0 Å². The molecule has 2 aromatic heterocycles. The molecular weight excluding hydrogens is 208 g/mol. The molecule has 2 aromatic rings. The second-order valence-corrected chi connectivity index (χ2v) is 6.17. The molecule has 0 saturated heterocycles. The van der Waals surface area contributed by atoms with Crippen molar-refractivity contribution in [3.05, 3.63) is 34.0 Å². The molecule has 2 rings (SSSR count). The van der Waals surface area contributed by atoms with Crippen molar-refractivity contribution < 1.29 is 0 Å². The fourth-order valence-corrected chi connectivity index (χ4v) is 3.33. The van der Waals surface area contributed by atoms with Gasteiger partial charge in [-0.2, -0.15) is 0 Å². The first-order chi connectivity index (χ1) is 6.66. The van der Waals surface area contributed by atoms with Gasteiger partial charge in [0.05, 0.1) is 0 Å². The van der Waals surface area contributed by atoms with Crippen molar-refractivity contribution in [2.45, 2.75) is 26.7 Å². The fraction of sp³-hybridized carbons (Fsp3) is 0.333. The standard InChI is InChI=1S/C12H14S2/c1-8(2)10-6-7-12(14-10)11-5-4-9(3)13-11/h4-8H,1-3H3. The van der Waals surface area contributed by atoms with Crippen LogP contribution in [-0.2, 0) is 0 Å². The van der Waals surface area contributed by atoms with E-state index in [-0.39, 0.29) is 0 Å². The predicted molar refractivity (Wildman–Crippen MR) is 66.5 cm³/mol. The minimum atomic E-state index is 0.648. The molecule has 2 heteroatoms. The zero-order valence-corrected chi connectivity index (χ0v) is 10.3. The normalized spacial score (nSPS) is 11.1. The summed E-state index contributed by atoms with van der Waals surface area (Å²) >= 11 is 3.79.